The monoisotopic (exact) mass is 218 g/mol. The van der Waals surface area contributed by atoms with E-state index in [-0.39, 0.29) is 16.6 Å². The maximum Gasteiger partial charge on any atom is 0.128 e. The Morgan fingerprint density at radius 1 is 1.31 bits per heavy atom. The van der Waals surface area contributed by atoms with Gasteiger partial charge in [0.25, 0.3) is 0 Å². The Labute approximate surface area is 98.9 Å². The first-order chi connectivity index (χ1) is 7.25. The second kappa shape index (κ2) is 3.10. The molecule has 0 aromatic heterocycles. The lowest BCUT2D eigenvalue weighted by Gasteiger charge is -2.36. The lowest BCUT2D eigenvalue weighted by Crippen LogP contribution is -2.41. The van der Waals surface area contributed by atoms with Gasteiger partial charge in [-0.25, -0.2) is 0 Å². The van der Waals surface area contributed by atoms with E-state index in [1.165, 1.54) is 5.57 Å². The number of hydrogen-bond acceptors (Lipinski definition) is 1. The minimum absolute atomic E-state index is 0.106. The van der Waals surface area contributed by atoms with Crippen LogP contribution in [0.4, 0.5) is 0 Å². The molecule has 1 heteroatoms. The Morgan fingerprint density at radius 3 is 2.44 bits per heavy atom. The van der Waals surface area contributed by atoms with Crippen LogP contribution in [-0.4, -0.2) is 11.2 Å². The van der Waals surface area contributed by atoms with Crippen molar-refractivity contribution in [2.24, 2.45) is 5.41 Å². The van der Waals surface area contributed by atoms with Gasteiger partial charge in [0.2, 0.25) is 0 Å². The average Bonchev–Trinajstić information content (AvgIpc) is 2.73. The summed E-state index contributed by atoms with van der Waals surface area (Å²) in [5.74, 6) is 0. The molecule has 0 bridgehead atoms. The van der Waals surface area contributed by atoms with Gasteiger partial charge in [0, 0.05) is 5.41 Å². The summed E-state index contributed by atoms with van der Waals surface area (Å²) in [5, 5.41) is 0. The highest BCUT2D eigenvalue weighted by Gasteiger charge is 2.73. The van der Waals surface area contributed by atoms with Gasteiger partial charge in [0.15, 0.2) is 0 Å². The molecule has 1 aliphatic carbocycles. The fourth-order valence-electron chi connectivity index (χ4n) is 3.45. The summed E-state index contributed by atoms with van der Waals surface area (Å²) in [7, 11) is 0. The number of ether oxygens (including phenoxy) is 1. The number of epoxide rings is 1. The van der Waals surface area contributed by atoms with Crippen LogP contribution in [-0.2, 0) is 4.74 Å². The largest absolute Gasteiger partial charge is 0.353 e. The molecule has 1 saturated heterocycles. The molecule has 0 amide bonds. The van der Waals surface area contributed by atoms with Crippen molar-refractivity contribution in [2.75, 3.05) is 0 Å². The predicted octanol–water partition coefficient (Wildman–Crippen LogP) is 4.02. The average molecular weight is 218 g/mol. The molecule has 0 spiro atoms. The van der Waals surface area contributed by atoms with Gasteiger partial charge < -0.3 is 4.74 Å². The molecule has 0 radical (unpaired) electrons. The van der Waals surface area contributed by atoms with Gasteiger partial charge in [-0.2, -0.15) is 0 Å². The molecule has 1 aliphatic heterocycles. The van der Waals surface area contributed by atoms with Gasteiger partial charge in [-0.1, -0.05) is 44.2 Å². The highest BCUT2D eigenvalue weighted by Crippen LogP contribution is 2.66. The SMILES string of the molecule is C=C(C)/C=C(\C)C12OC1(C)C=CCC2(C)C. The lowest BCUT2D eigenvalue weighted by molar-refractivity contribution is 0.171. The van der Waals surface area contributed by atoms with Crippen LogP contribution in [0.25, 0.3) is 0 Å². The number of hydrogen-bond donors (Lipinski definition) is 0. The van der Waals surface area contributed by atoms with Crippen molar-refractivity contribution < 1.29 is 4.74 Å². The smallest absolute Gasteiger partial charge is 0.128 e. The molecule has 1 heterocycles. The zero-order valence-electron chi connectivity index (χ0n) is 11.1. The van der Waals surface area contributed by atoms with Crippen LogP contribution in [0, 0.1) is 5.41 Å². The summed E-state index contributed by atoms with van der Waals surface area (Å²) in [6.45, 7) is 14.9. The number of fused-ring (bicyclic) bond motifs is 1. The summed E-state index contributed by atoms with van der Waals surface area (Å²) < 4.78 is 6.13. The molecule has 0 N–H and O–H groups in total. The van der Waals surface area contributed by atoms with E-state index in [0.717, 1.165) is 12.0 Å². The third-order valence-corrected chi connectivity index (χ3v) is 4.06. The van der Waals surface area contributed by atoms with Gasteiger partial charge in [-0.05, 0) is 32.8 Å². The van der Waals surface area contributed by atoms with Crippen LogP contribution in [0.5, 0.6) is 0 Å². The van der Waals surface area contributed by atoms with Crippen LogP contribution < -0.4 is 0 Å². The van der Waals surface area contributed by atoms with Crippen molar-refractivity contribution in [2.45, 2.75) is 52.2 Å². The third kappa shape index (κ3) is 1.27. The van der Waals surface area contributed by atoms with E-state index in [9.17, 15) is 0 Å². The maximum absolute atomic E-state index is 6.13. The molecular formula is C15H22O. The van der Waals surface area contributed by atoms with Crippen molar-refractivity contribution >= 4 is 0 Å². The van der Waals surface area contributed by atoms with Crippen LogP contribution >= 0.6 is 0 Å². The van der Waals surface area contributed by atoms with Crippen LogP contribution in [0.3, 0.4) is 0 Å². The highest BCUT2D eigenvalue weighted by molar-refractivity contribution is 5.45. The zero-order valence-corrected chi connectivity index (χ0v) is 11.1. The molecular weight excluding hydrogens is 196 g/mol. The minimum atomic E-state index is -0.117. The summed E-state index contributed by atoms with van der Waals surface area (Å²) >= 11 is 0. The van der Waals surface area contributed by atoms with E-state index in [0.29, 0.717) is 0 Å². The summed E-state index contributed by atoms with van der Waals surface area (Å²) in [6.07, 6.45) is 7.70. The normalized spacial score (nSPS) is 40.4. The lowest BCUT2D eigenvalue weighted by atomic mass is 9.64. The molecule has 88 valence electrons. The van der Waals surface area contributed by atoms with Crippen molar-refractivity contribution in [1.82, 2.24) is 0 Å². The summed E-state index contributed by atoms with van der Waals surface area (Å²) in [5.41, 5.74) is 2.33. The van der Waals surface area contributed by atoms with Gasteiger partial charge >= 0.3 is 0 Å². The van der Waals surface area contributed by atoms with E-state index in [1.54, 1.807) is 0 Å². The highest BCUT2D eigenvalue weighted by atomic mass is 16.6. The Morgan fingerprint density at radius 2 is 1.94 bits per heavy atom. The minimum Gasteiger partial charge on any atom is -0.353 e. The molecule has 2 aliphatic rings. The molecule has 0 saturated carbocycles. The molecule has 2 unspecified atom stereocenters. The predicted molar refractivity (Wildman–Crippen MR) is 68.3 cm³/mol. The van der Waals surface area contributed by atoms with Crippen molar-refractivity contribution in [3.05, 3.63) is 36.0 Å². The van der Waals surface area contributed by atoms with E-state index >= 15 is 0 Å². The maximum atomic E-state index is 6.13. The molecule has 0 aromatic carbocycles. The second-order valence-electron chi connectivity index (χ2n) is 6.05. The Bertz CT molecular complexity index is 400. The summed E-state index contributed by atoms with van der Waals surface area (Å²) in [6, 6.07) is 0. The van der Waals surface area contributed by atoms with Gasteiger partial charge in [-0.3, -0.25) is 0 Å². The van der Waals surface area contributed by atoms with Gasteiger partial charge in [0.1, 0.15) is 11.2 Å². The molecule has 16 heavy (non-hydrogen) atoms. The Hall–Kier alpha value is -0.820. The fourth-order valence-corrected chi connectivity index (χ4v) is 3.45. The first kappa shape index (κ1) is 11.7. The molecule has 1 fully saturated rings. The van der Waals surface area contributed by atoms with Crippen molar-refractivity contribution in [1.29, 1.82) is 0 Å². The topological polar surface area (TPSA) is 12.5 Å². The first-order valence-corrected chi connectivity index (χ1v) is 5.97. The van der Waals surface area contributed by atoms with Gasteiger partial charge in [-0.15, -0.1) is 0 Å². The molecule has 2 atom stereocenters. The standard InChI is InChI=1S/C15H22O/c1-11(2)10-12(3)15-13(4,5)8-7-9-14(15,6)16-15/h7,9-10H,1,8H2,2-6H3/b12-10+. The Kier molecular flexibility index (Phi) is 2.26. The van der Waals surface area contributed by atoms with E-state index in [4.69, 9.17) is 4.74 Å². The van der Waals surface area contributed by atoms with Crippen LogP contribution in [0.2, 0.25) is 0 Å². The number of allylic oxidation sites excluding steroid dienone is 3. The second-order valence-corrected chi connectivity index (χ2v) is 6.05. The first-order valence-electron chi connectivity index (χ1n) is 5.97. The summed E-state index contributed by atoms with van der Waals surface area (Å²) in [4.78, 5) is 0. The molecule has 2 rings (SSSR count). The third-order valence-electron chi connectivity index (χ3n) is 4.06. The quantitative estimate of drug-likeness (QED) is 0.387. The molecule has 1 nitrogen and oxygen atoms in total. The van der Waals surface area contributed by atoms with Crippen molar-refractivity contribution in [3.63, 3.8) is 0 Å². The van der Waals surface area contributed by atoms with Crippen molar-refractivity contribution in [3.8, 4) is 0 Å². The van der Waals surface area contributed by atoms with E-state index < -0.39 is 0 Å². The zero-order chi connectivity index (χ0) is 12.2. The van der Waals surface area contributed by atoms with Crippen LogP contribution in [0.1, 0.15) is 41.0 Å². The van der Waals surface area contributed by atoms with E-state index in [2.05, 4.69) is 52.5 Å². The Balaban J connectivity index is 2.46. The number of rotatable bonds is 2. The fraction of sp³-hybridized carbons (Fsp3) is 0.600. The van der Waals surface area contributed by atoms with E-state index in [1.807, 2.05) is 6.92 Å². The van der Waals surface area contributed by atoms with Gasteiger partial charge in [0.05, 0.1) is 0 Å². The van der Waals surface area contributed by atoms with Crippen LogP contribution in [0.15, 0.2) is 36.0 Å². The molecule has 0 aromatic rings.